The highest BCUT2D eigenvalue weighted by Gasteiger charge is 2.44. The van der Waals surface area contributed by atoms with Gasteiger partial charge < -0.3 is 20.1 Å². The zero-order valence-electron chi connectivity index (χ0n) is 14.3. The lowest BCUT2D eigenvalue weighted by Gasteiger charge is -2.15. The third kappa shape index (κ3) is 3.33. The number of aliphatic hydroxyl groups excluding tert-OH is 3. The number of hydrogen-bond donors (Lipinski definition) is 4. The van der Waals surface area contributed by atoms with Crippen molar-refractivity contribution in [2.24, 2.45) is 0 Å². The molecule has 1 fully saturated rings. The van der Waals surface area contributed by atoms with Crippen LogP contribution < -0.4 is 11.2 Å². The minimum absolute atomic E-state index is 0.00285. The molecular formula is C15H21N5O6. The van der Waals surface area contributed by atoms with Crippen molar-refractivity contribution < 1.29 is 20.1 Å². The van der Waals surface area contributed by atoms with Crippen LogP contribution in [0.4, 0.5) is 0 Å². The highest BCUT2D eigenvalue weighted by Crippen LogP contribution is 2.31. The number of hydrogen-bond acceptors (Lipinski definition) is 8. The molecule has 0 spiro atoms. The van der Waals surface area contributed by atoms with Crippen LogP contribution in [0, 0.1) is 0 Å². The molecule has 1 aliphatic heterocycles. The Hall–Kier alpha value is -2.34. The SMILES string of the molecule is CC(C)c1cn(Cn2cc([C@@H]3O[C@H](CO)C(O)[C@@H]3O)c(=O)[nH]c2=O)nn1. The van der Waals surface area contributed by atoms with E-state index in [4.69, 9.17) is 4.74 Å². The highest BCUT2D eigenvalue weighted by molar-refractivity contribution is 5.14. The van der Waals surface area contributed by atoms with E-state index in [0.717, 1.165) is 5.69 Å². The molecule has 1 unspecified atom stereocenters. The van der Waals surface area contributed by atoms with Crippen LogP contribution in [0.2, 0.25) is 0 Å². The fourth-order valence-corrected chi connectivity index (χ4v) is 2.79. The number of aromatic amines is 1. The molecule has 0 saturated carbocycles. The maximum atomic E-state index is 12.1. The van der Waals surface area contributed by atoms with Gasteiger partial charge >= 0.3 is 5.69 Å². The molecule has 11 heteroatoms. The maximum Gasteiger partial charge on any atom is 0.329 e. The summed E-state index contributed by atoms with van der Waals surface area (Å²) in [4.78, 5) is 26.4. The molecule has 2 aromatic heterocycles. The van der Waals surface area contributed by atoms with Crippen molar-refractivity contribution in [3.05, 3.63) is 44.5 Å². The van der Waals surface area contributed by atoms with E-state index in [0.29, 0.717) is 0 Å². The van der Waals surface area contributed by atoms with Crippen molar-refractivity contribution in [1.82, 2.24) is 24.5 Å². The number of H-pyrrole nitrogens is 1. The number of aliphatic hydroxyl groups is 3. The minimum Gasteiger partial charge on any atom is -0.394 e. The normalized spacial score (nSPS) is 25.9. The first-order valence-corrected chi connectivity index (χ1v) is 8.18. The molecule has 0 radical (unpaired) electrons. The number of ether oxygens (including phenoxy) is 1. The first-order valence-electron chi connectivity index (χ1n) is 8.18. The highest BCUT2D eigenvalue weighted by atomic mass is 16.6. The molecule has 0 aromatic carbocycles. The van der Waals surface area contributed by atoms with E-state index in [-0.39, 0.29) is 18.2 Å². The Morgan fingerprint density at radius 1 is 1.27 bits per heavy atom. The maximum absolute atomic E-state index is 12.1. The van der Waals surface area contributed by atoms with Crippen molar-refractivity contribution in [2.75, 3.05) is 6.61 Å². The molecule has 3 rings (SSSR count). The van der Waals surface area contributed by atoms with E-state index >= 15 is 0 Å². The van der Waals surface area contributed by atoms with Crippen LogP contribution in [-0.4, -0.2) is 64.8 Å². The summed E-state index contributed by atoms with van der Waals surface area (Å²) in [5.41, 5.74) is -0.669. The average Bonchev–Trinajstić information content (AvgIpc) is 3.17. The Labute approximate surface area is 147 Å². The molecule has 26 heavy (non-hydrogen) atoms. The molecule has 0 aliphatic carbocycles. The van der Waals surface area contributed by atoms with Gasteiger partial charge in [-0.05, 0) is 5.92 Å². The summed E-state index contributed by atoms with van der Waals surface area (Å²) >= 11 is 0. The van der Waals surface area contributed by atoms with Crippen LogP contribution in [0.15, 0.2) is 22.0 Å². The largest absolute Gasteiger partial charge is 0.394 e. The average molecular weight is 367 g/mol. The number of rotatable bonds is 5. The minimum atomic E-state index is -1.40. The van der Waals surface area contributed by atoms with E-state index in [1.165, 1.54) is 15.4 Å². The second-order valence-corrected chi connectivity index (χ2v) is 6.55. The Morgan fingerprint density at radius 2 is 2.00 bits per heavy atom. The van der Waals surface area contributed by atoms with Gasteiger partial charge in [0.25, 0.3) is 5.56 Å². The Balaban J connectivity index is 1.92. The van der Waals surface area contributed by atoms with Crippen molar-refractivity contribution >= 4 is 0 Å². The van der Waals surface area contributed by atoms with E-state index in [1.807, 2.05) is 13.8 Å². The van der Waals surface area contributed by atoms with E-state index in [1.54, 1.807) is 6.20 Å². The van der Waals surface area contributed by atoms with Gasteiger partial charge in [0.1, 0.15) is 31.1 Å². The Bertz CT molecular complexity index is 887. The molecule has 1 aliphatic rings. The topological polar surface area (TPSA) is 155 Å². The molecular weight excluding hydrogens is 346 g/mol. The lowest BCUT2D eigenvalue weighted by molar-refractivity contribution is -0.0233. The first kappa shape index (κ1) is 18.5. The lowest BCUT2D eigenvalue weighted by atomic mass is 10.0. The van der Waals surface area contributed by atoms with Crippen LogP contribution in [0.25, 0.3) is 0 Å². The molecule has 1 saturated heterocycles. The predicted octanol–water partition coefficient (Wildman–Crippen LogP) is -2.09. The van der Waals surface area contributed by atoms with Crippen LogP contribution in [0.5, 0.6) is 0 Å². The molecule has 0 bridgehead atoms. The lowest BCUT2D eigenvalue weighted by Crippen LogP contribution is -2.36. The van der Waals surface area contributed by atoms with Crippen LogP contribution in [0.1, 0.15) is 37.1 Å². The smallest absolute Gasteiger partial charge is 0.329 e. The predicted molar refractivity (Wildman–Crippen MR) is 87.5 cm³/mol. The van der Waals surface area contributed by atoms with Crippen molar-refractivity contribution in [1.29, 1.82) is 0 Å². The van der Waals surface area contributed by atoms with Gasteiger partial charge in [0.15, 0.2) is 0 Å². The second-order valence-electron chi connectivity index (χ2n) is 6.55. The van der Waals surface area contributed by atoms with E-state index in [2.05, 4.69) is 15.3 Å². The quantitative estimate of drug-likeness (QED) is 0.469. The monoisotopic (exact) mass is 367 g/mol. The zero-order valence-corrected chi connectivity index (χ0v) is 14.3. The third-order valence-electron chi connectivity index (χ3n) is 4.33. The molecule has 4 atom stereocenters. The summed E-state index contributed by atoms with van der Waals surface area (Å²) in [6.07, 6.45) is -1.99. The number of nitrogens with one attached hydrogen (secondary N) is 1. The van der Waals surface area contributed by atoms with Crippen LogP contribution in [-0.2, 0) is 11.4 Å². The molecule has 142 valence electrons. The van der Waals surface area contributed by atoms with Gasteiger partial charge in [-0.25, -0.2) is 9.48 Å². The third-order valence-corrected chi connectivity index (χ3v) is 4.33. The summed E-state index contributed by atoms with van der Waals surface area (Å²) in [5, 5.41) is 37.1. The van der Waals surface area contributed by atoms with Gasteiger partial charge in [0.05, 0.1) is 24.1 Å². The Kier molecular flexibility index (Phi) is 5.05. The van der Waals surface area contributed by atoms with Crippen LogP contribution >= 0.6 is 0 Å². The van der Waals surface area contributed by atoms with Crippen molar-refractivity contribution in [2.45, 2.75) is 50.8 Å². The first-order chi connectivity index (χ1) is 12.3. The number of aromatic nitrogens is 5. The molecule has 3 heterocycles. The summed E-state index contributed by atoms with van der Waals surface area (Å²) in [6.45, 7) is 3.40. The second kappa shape index (κ2) is 7.11. The summed E-state index contributed by atoms with van der Waals surface area (Å²) in [6, 6.07) is 0. The van der Waals surface area contributed by atoms with Gasteiger partial charge in [-0.15, -0.1) is 5.10 Å². The zero-order chi connectivity index (χ0) is 19.0. The molecule has 11 nitrogen and oxygen atoms in total. The molecule has 0 amide bonds. The summed E-state index contributed by atoms with van der Waals surface area (Å²) in [7, 11) is 0. The van der Waals surface area contributed by atoms with Gasteiger partial charge in [-0.2, -0.15) is 0 Å². The fraction of sp³-hybridized carbons (Fsp3) is 0.600. The van der Waals surface area contributed by atoms with Crippen molar-refractivity contribution in [3.63, 3.8) is 0 Å². The molecule has 2 aromatic rings. The Morgan fingerprint density at radius 3 is 2.58 bits per heavy atom. The standard InChI is InChI=1S/C15H21N5O6/c1-7(2)9-4-20(18-17-9)6-19-3-8(14(24)16-15(19)25)13-12(23)11(22)10(5-21)26-13/h3-4,7,10-13,21-23H,5-6H2,1-2H3,(H,16,24,25)/t10-,11?,12+,13+/m1/s1. The van der Waals surface area contributed by atoms with Crippen molar-refractivity contribution in [3.8, 4) is 0 Å². The summed E-state index contributed by atoms with van der Waals surface area (Å²) in [5.74, 6) is 0.172. The van der Waals surface area contributed by atoms with E-state index in [9.17, 15) is 24.9 Å². The fourth-order valence-electron chi connectivity index (χ4n) is 2.79. The van der Waals surface area contributed by atoms with Gasteiger partial charge in [0.2, 0.25) is 0 Å². The van der Waals surface area contributed by atoms with Gasteiger partial charge in [0, 0.05) is 6.20 Å². The summed E-state index contributed by atoms with van der Waals surface area (Å²) < 4.78 is 7.99. The van der Waals surface area contributed by atoms with Crippen LogP contribution in [0.3, 0.4) is 0 Å². The van der Waals surface area contributed by atoms with E-state index < -0.39 is 42.3 Å². The molecule has 4 N–H and O–H groups in total. The van der Waals surface area contributed by atoms with Gasteiger partial charge in [-0.1, -0.05) is 19.1 Å². The number of nitrogens with zero attached hydrogens (tertiary/aromatic N) is 4. The van der Waals surface area contributed by atoms with Gasteiger partial charge in [-0.3, -0.25) is 14.3 Å².